The molecule has 0 saturated heterocycles. The average Bonchev–Trinajstić information content (AvgIpc) is 2.74. The number of hydrogen-bond acceptors (Lipinski definition) is 3. The molecule has 162 valence electrons. The summed E-state index contributed by atoms with van der Waals surface area (Å²) in [6, 6.07) is 13.0. The summed E-state index contributed by atoms with van der Waals surface area (Å²) in [5.41, 5.74) is 1.87. The highest BCUT2D eigenvalue weighted by Gasteiger charge is 2.28. The Morgan fingerprint density at radius 2 is 1.70 bits per heavy atom. The molecule has 2 aromatic rings. The average molecular weight is 451 g/mol. The predicted octanol–water partition coefficient (Wildman–Crippen LogP) is 5.05. The number of rotatable bonds is 11. The summed E-state index contributed by atoms with van der Waals surface area (Å²) in [6.45, 7) is 4.70. The maximum Gasteiger partial charge on any atom is 0.242 e. The summed E-state index contributed by atoms with van der Waals surface area (Å²) in [5.74, 6) is 0.324. The Bertz CT molecular complexity index is 815. The van der Waals surface area contributed by atoms with Gasteiger partial charge in [0, 0.05) is 23.9 Å². The fourth-order valence-electron chi connectivity index (χ4n) is 2.99. The van der Waals surface area contributed by atoms with Gasteiger partial charge in [0.15, 0.2) is 0 Å². The molecule has 7 heteroatoms. The van der Waals surface area contributed by atoms with Crippen LogP contribution in [0.5, 0.6) is 0 Å². The van der Waals surface area contributed by atoms with Gasteiger partial charge >= 0.3 is 0 Å². The van der Waals surface area contributed by atoms with E-state index >= 15 is 0 Å². The van der Waals surface area contributed by atoms with Crippen molar-refractivity contribution in [2.75, 3.05) is 12.3 Å². The van der Waals surface area contributed by atoms with E-state index in [0.29, 0.717) is 23.7 Å². The zero-order valence-corrected chi connectivity index (χ0v) is 18.9. The quantitative estimate of drug-likeness (QED) is 0.521. The Hall–Kier alpha value is -2.05. The smallest absolute Gasteiger partial charge is 0.242 e. The minimum absolute atomic E-state index is 0.114. The highest BCUT2D eigenvalue weighted by atomic mass is 35.5. The minimum Gasteiger partial charge on any atom is -0.354 e. The molecule has 0 unspecified atom stereocenters. The van der Waals surface area contributed by atoms with Crippen LogP contribution in [0.25, 0.3) is 0 Å². The summed E-state index contributed by atoms with van der Waals surface area (Å²) >= 11 is 7.41. The van der Waals surface area contributed by atoms with Crippen LogP contribution in [0.2, 0.25) is 5.02 Å². The summed E-state index contributed by atoms with van der Waals surface area (Å²) in [7, 11) is 0. The third-order valence-electron chi connectivity index (χ3n) is 4.61. The summed E-state index contributed by atoms with van der Waals surface area (Å²) < 4.78 is 13.3. The van der Waals surface area contributed by atoms with Crippen LogP contribution in [0.15, 0.2) is 48.5 Å². The van der Waals surface area contributed by atoms with Crippen LogP contribution in [0, 0.1) is 5.82 Å². The van der Waals surface area contributed by atoms with Crippen LogP contribution in [-0.2, 0) is 21.9 Å². The number of amides is 2. The lowest BCUT2D eigenvalue weighted by Crippen LogP contribution is -2.49. The van der Waals surface area contributed by atoms with Crippen LogP contribution in [0.4, 0.5) is 4.39 Å². The van der Waals surface area contributed by atoms with Crippen molar-refractivity contribution in [3.8, 4) is 0 Å². The first-order valence-electron chi connectivity index (χ1n) is 10.1. The standard InChI is InChI=1S/C23H28ClFN2O2S/c1-3-13-26-23(29)21(4-2)27(14-17-7-11-20(25)12-8-17)22(28)16-30-15-18-5-9-19(24)10-6-18/h5-12,21H,3-4,13-16H2,1-2H3,(H,26,29)/t21-/m1/s1. The first kappa shape index (κ1) is 24.2. The maximum absolute atomic E-state index is 13.3. The molecule has 0 aliphatic carbocycles. The zero-order valence-electron chi connectivity index (χ0n) is 17.4. The highest BCUT2D eigenvalue weighted by molar-refractivity contribution is 7.99. The van der Waals surface area contributed by atoms with Crippen molar-refractivity contribution in [1.29, 1.82) is 0 Å². The molecule has 0 heterocycles. The number of hydrogen-bond donors (Lipinski definition) is 1. The van der Waals surface area contributed by atoms with E-state index in [4.69, 9.17) is 11.6 Å². The minimum atomic E-state index is -0.565. The van der Waals surface area contributed by atoms with Crippen molar-refractivity contribution in [2.45, 2.75) is 45.0 Å². The fourth-order valence-corrected chi connectivity index (χ4v) is 3.99. The molecule has 0 bridgehead atoms. The van der Waals surface area contributed by atoms with Gasteiger partial charge in [-0.15, -0.1) is 11.8 Å². The lowest BCUT2D eigenvalue weighted by atomic mass is 10.1. The topological polar surface area (TPSA) is 49.4 Å². The van der Waals surface area contributed by atoms with E-state index in [1.165, 1.54) is 23.9 Å². The van der Waals surface area contributed by atoms with Gasteiger partial charge in [0.05, 0.1) is 5.75 Å². The number of carbonyl (C=O) groups excluding carboxylic acids is 2. The Labute approximate surface area is 187 Å². The van der Waals surface area contributed by atoms with Gasteiger partial charge in [-0.3, -0.25) is 9.59 Å². The van der Waals surface area contributed by atoms with Gasteiger partial charge in [0.25, 0.3) is 0 Å². The van der Waals surface area contributed by atoms with Crippen molar-refractivity contribution in [3.05, 3.63) is 70.5 Å². The molecule has 1 atom stereocenters. The van der Waals surface area contributed by atoms with E-state index in [2.05, 4.69) is 5.32 Å². The Morgan fingerprint density at radius 3 is 2.30 bits per heavy atom. The van der Waals surface area contributed by atoms with E-state index in [0.717, 1.165) is 17.5 Å². The largest absolute Gasteiger partial charge is 0.354 e. The van der Waals surface area contributed by atoms with Crippen molar-refractivity contribution in [3.63, 3.8) is 0 Å². The molecular weight excluding hydrogens is 423 g/mol. The fraction of sp³-hybridized carbons (Fsp3) is 0.391. The van der Waals surface area contributed by atoms with Gasteiger partial charge in [0.2, 0.25) is 11.8 Å². The second-order valence-electron chi connectivity index (χ2n) is 6.98. The van der Waals surface area contributed by atoms with Gasteiger partial charge < -0.3 is 10.2 Å². The van der Waals surface area contributed by atoms with Gasteiger partial charge in [-0.1, -0.05) is 49.7 Å². The molecule has 2 aromatic carbocycles. The van der Waals surface area contributed by atoms with Crippen molar-refractivity contribution in [2.24, 2.45) is 0 Å². The molecule has 0 fully saturated rings. The summed E-state index contributed by atoms with van der Waals surface area (Å²) in [4.78, 5) is 27.3. The second-order valence-corrected chi connectivity index (χ2v) is 8.40. The van der Waals surface area contributed by atoms with Gasteiger partial charge in [-0.25, -0.2) is 4.39 Å². The van der Waals surface area contributed by atoms with E-state index in [-0.39, 0.29) is 29.9 Å². The molecule has 0 aromatic heterocycles. The molecule has 0 aliphatic rings. The molecule has 4 nitrogen and oxygen atoms in total. The Kier molecular flexibility index (Phi) is 10.2. The maximum atomic E-state index is 13.3. The first-order chi connectivity index (χ1) is 14.4. The number of thioether (sulfide) groups is 1. The zero-order chi connectivity index (χ0) is 21.9. The predicted molar refractivity (Wildman–Crippen MR) is 122 cm³/mol. The van der Waals surface area contributed by atoms with E-state index in [9.17, 15) is 14.0 Å². The highest BCUT2D eigenvalue weighted by Crippen LogP contribution is 2.19. The molecule has 0 radical (unpaired) electrons. The van der Waals surface area contributed by atoms with E-state index in [1.807, 2.05) is 38.1 Å². The van der Waals surface area contributed by atoms with Crippen molar-refractivity contribution >= 4 is 35.2 Å². The molecule has 1 N–H and O–H groups in total. The number of nitrogens with one attached hydrogen (secondary N) is 1. The van der Waals surface area contributed by atoms with Crippen LogP contribution in [0.1, 0.15) is 37.8 Å². The van der Waals surface area contributed by atoms with Crippen molar-refractivity contribution in [1.82, 2.24) is 10.2 Å². The molecule has 0 aliphatic heterocycles. The third-order valence-corrected chi connectivity index (χ3v) is 5.85. The normalized spacial score (nSPS) is 11.7. The molecule has 2 rings (SSSR count). The molecule has 0 spiro atoms. The van der Waals surface area contributed by atoms with E-state index < -0.39 is 6.04 Å². The molecule has 0 saturated carbocycles. The third kappa shape index (κ3) is 7.65. The van der Waals surface area contributed by atoms with Crippen LogP contribution in [-0.4, -0.2) is 35.1 Å². The Morgan fingerprint density at radius 1 is 1.07 bits per heavy atom. The summed E-state index contributed by atoms with van der Waals surface area (Å²) in [6.07, 6.45) is 1.33. The lowest BCUT2D eigenvalue weighted by Gasteiger charge is -2.30. The van der Waals surface area contributed by atoms with Crippen LogP contribution in [0.3, 0.4) is 0 Å². The number of halogens is 2. The SMILES string of the molecule is CCCNC(=O)[C@@H](CC)N(Cc1ccc(F)cc1)C(=O)CSCc1ccc(Cl)cc1. The van der Waals surface area contributed by atoms with Gasteiger partial charge in [-0.05, 0) is 48.2 Å². The second kappa shape index (κ2) is 12.6. The molecule has 2 amide bonds. The van der Waals surface area contributed by atoms with Crippen LogP contribution < -0.4 is 5.32 Å². The lowest BCUT2D eigenvalue weighted by molar-refractivity contribution is -0.139. The van der Waals surface area contributed by atoms with Gasteiger partial charge in [0.1, 0.15) is 11.9 Å². The van der Waals surface area contributed by atoms with Crippen molar-refractivity contribution < 1.29 is 14.0 Å². The Balaban J connectivity index is 2.09. The molecule has 30 heavy (non-hydrogen) atoms. The molecular formula is C23H28ClFN2O2S. The number of benzene rings is 2. The monoisotopic (exact) mass is 450 g/mol. The number of carbonyl (C=O) groups is 2. The first-order valence-corrected chi connectivity index (χ1v) is 11.6. The van der Waals surface area contributed by atoms with Gasteiger partial charge in [-0.2, -0.15) is 0 Å². The van der Waals surface area contributed by atoms with E-state index in [1.54, 1.807) is 17.0 Å². The number of nitrogens with zero attached hydrogens (tertiary/aromatic N) is 1. The van der Waals surface area contributed by atoms with Crippen LogP contribution >= 0.6 is 23.4 Å². The summed E-state index contributed by atoms with van der Waals surface area (Å²) in [5, 5.41) is 3.56.